The molecule has 0 aromatic carbocycles. The summed E-state index contributed by atoms with van der Waals surface area (Å²) in [4.78, 5) is 18.3. The van der Waals surface area contributed by atoms with Crippen LogP contribution in [-0.2, 0) is 4.79 Å². The molecular formula is C10H11ClN2OS. The van der Waals surface area contributed by atoms with Crippen LogP contribution in [0.4, 0.5) is 0 Å². The Morgan fingerprint density at radius 1 is 1.67 bits per heavy atom. The van der Waals surface area contributed by atoms with Crippen LogP contribution in [0.3, 0.4) is 0 Å². The van der Waals surface area contributed by atoms with Crippen LogP contribution in [0.1, 0.15) is 18.9 Å². The zero-order chi connectivity index (χ0) is 11.1. The Kier molecular flexibility index (Phi) is 5.36. The summed E-state index contributed by atoms with van der Waals surface area (Å²) in [5, 5.41) is 0.588. The van der Waals surface area contributed by atoms with Gasteiger partial charge in [-0.3, -0.25) is 4.79 Å². The van der Waals surface area contributed by atoms with Crippen LogP contribution in [0.15, 0.2) is 18.6 Å². The van der Waals surface area contributed by atoms with Crippen molar-refractivity contribution < 1.29 is 4.79 Å². The molecule has 1 aromatic rings. The highest BCUT2D eigenvalue weighted by molar-refractivity contribution is 8.13. The quantitative estimate of drug-likeness (QED) is 0.602. The third kappa shape index (κ3) is 4.95. The van der Waals surface area contributed by atoms with Gasteiger partial charge in [0, 0.05) is 24.4 Å². The van der Waals surface area contributed by atoms with Crippen LogP contribution < -0.4 is 0 Å². The van der Waals surface area contributed by atoms with Crippen LogP contribution in [0.5, 0.6) is 0 Å². The molecule has 0 fully saturated rings. The predicted octanol–water partition coefficient (Wildman–Crippen LogP) is 2.81. The molecule has 1 heterocycles. The zero-order valence-corrected chi connectivity index (χ0v) is 9.88. The predicted molar refractivity (Wildman–Crippen MR) is 63.8 cm³/mol. The number of aromatic nitrogens is 2. The van der Waals surface area contributed by atoms with Gasteiger partial charge in [0.2, 0.25) is 0 Å². The molecule has 0 radical (unpaired) electrons. The van der Waals surface area contributed by atoms with Gasteiger partial charge in [0.05, 0.1) is 0 Å². The smallest absolute Gasteiger partial charge is 0.185 e. The van der Waals surface area contributed by atoms with E-state index in [2.05, 4.69) is 9.97 Å². The SMILES string of the molecule is CC(=O)SCCC=Cc1cncnc1Cl. The van der Waals surface area contributed by atoms with Crippen LogP contribution >= 0.6 is 23.4 Å². The summed E-state index contributed by atoms with van der Waals surface area (Å²) < 4.78 is 0. The van der Waals surface area contributed by atoms with Crippen LogP contribution in [0, 0.1) is 0 Å². The van der Waals surface area contributed by atoms with Gasteiger partial charge in [-0.1, -0.05) is 35.5 Å². The summed E-state index contributed by atoms with van der Waals surface area (Å²) in [6.45, 7) is 1.57. The molecule has 0 spiro atoms. The van der Waals surface area contributed by atoms with Gasteiger partial charge in [-0.05, 0) is 6.42 Å². The second kappa shape index (κ2) is 6.58. The highest BCUT2D eigenvalue weighted by Crippen LogP contribution is 2.12. The molecule has 1 rings (SSSR count). The van der Waals surface area contributed by atoms with Gasteiger partial charge in [-0.2, -0.15) is 0 Å². The van der Waals surface area contributed by atoms with E-state index in [1.165, 1.54) is 18.1 Å². The lowest BCUT2D eigenvalue weighted by atomic mass is 10.3. The van der Waals surface area contributed by atoms with Gasteiger partial charge >= 0.3 is 0 Å². The van der Waals surface area contributed by atoms with Gasteiger partial charge in [0.1, 0.15) is 11.5 Å². The van der Waals surface area contributed by atoms with E-state index in [1.54, 1.807) is 13.1 Å². The molecule has 5 heteroatoms. The molecule has 80 valence electrons. The molecular weight excluding hydrogens is 232 g/mol. The van der Waals surface area contributed by atoms with E-state index in [1.807, 2.05) is 12.2 Å². The Hall–Kier alpha value is -0.870. The fourth-order valence-electron chi connectivity index (χ4n) is 0.918. The summed E-state index contributed by atoms with van der Waals surface area (Å²) in [6, 6.07) is 0. The maximum atomic E-state index is 10.6. The van der Waals surface area contributed by atoms with Crippen molar-refractivity contribution in [2.24, 2.45) is 0 Å². The van der Waals surface area contributed by atoms with E-state index in [0.717, 1.165) is 17.7 Å². The Morgan fingerprint density at radius 3 is 3.13 bits per heavy atom. The molecule has 0 saturated carbocycles. The fourth-order valence-corrected chi connectivity index (χ4v) is 1.62. The average Bonchev–Trinajstić information content (AvgIpc) is 2.20. The highest BCUT2D eigenvalue weighted by Gasteiger charge is 1.95. The first-order valence-electron chi connectivity index (χ1n) is 4.45. The van der Waals surface area contributed by atoms with Crippen molar-refractivity contribution in [1.29, 1.82) is 0 Å². The Morgan fingerprint density at radius 2 is 2.47 bits per heavy atom. The van der Waals surface area contributed by atoms with E-state index in [9.17, 15) is 4.79 Å². The highest BCUT2D eigenvalue weighted by atomic mass is 35.5. The van der Waals surface area contributed by atoms with Gasteiger partial charge in [-0.25, -0.2) is 9.97 Å². The fraction of sp³-hybridized carbons (Fsp3) is 0.300. The van der Waals surface area contributed by atoms with Crippen LogP contribution in [0.25, 0.3) is 6.08 Å². The molecule has 15 heavy (non-hydrogen) atoms. The van der Waals surface area contributed by atoms with Gasteiger partial charge in [-0.15, -0.1) is 0 Å². The van der Waals surface area contributed by atoms with Crippen molar-refractivity contribution in [3.8, 4) is 0 Å². The van der Waals surface area contributed by atoms with E-state index in [4.69, 9.17) is 11.6 Å². The molecule has 3 nitrogen and oxygen atoms in total. The summed E-state index contributed by atoms with van der Waals surface area (Å²) in [5.41, 5.74) is 0.798. The first kappa shape index (κ1) is 12.2. The topological polar surface area (TPSA) is 42.9 Å². The minimum atomic E-state index is 0.143. The second-order valence-electron chi connectivity index (χ2n) is 2.80. The molecule has 0 aliphatic heterocycles. The number of carbonyl (C=O) groups excluding carboxylic acids is 1. The molecule has 0 amide bonds. The summed E-state index contributed by atoms with van der Waals surface area (Å²) in [6.07, 6.45) is 7.72. The van der Waals surface area contributed by atoms with Crippen molar-refractivity contribution in [2.45, 2.75) is 13.3 Å². The number of hydrogen-bond acceptors (Lipinski definition) is 4. The number of nitrogens with zero attached hydrogens (tertiary/aromatic N) is 2. The Bertz CT molecular complexity index is 368. The van der Waals surface area contributed by atoms with E-state index in [-0.39, 0.29) is 5.12 Å². The third-order valence-electron chi connectivity index (χ3n) is 1.58. The van der Waals surface area contributed by atoms with E-state index in [0.29, 0.717) is 5.15 Å². The molecule has 0 aliphatic carbocycles. The first-order chi connectivity index (χ1) is 7.20. The molecule has 0 saturated heterocycles. The Balaban J connectivity index is 2.38. The van der Waals surface area contributed by atoms with Gasteiger partial charge < -0.3 is 0 Å². The van der Waals surface area contributed by atoms with Crippen molar-refractivity contribution in [3.05, 3.63) is 29.3 Å². The van der Waals surface area contributed by atoms with Crippen molar-refractivity contribution in [1.82, 2.24) is 9.97 Å². The molecule has 0 atom stereocenters. The number of allylic oxidation sites excluding steroid dienone is 1. The largest absolute Gasteiger partial charge is 0.288 e. The summed E-state index contributed by atoms with van der Waals surface area (Å²) in [5.74, 6) is 0.789. The third-order valence-corrected chi connectivity index (χ3v) is 2.74. The van der Waals surface area contributed by atoms with E-state index < -0.39 is 0 Å². The Labute approximate surface area is 98.0 Å². The zero-order valence-electron chi connectivity index (χ0n) is 8.31. The van der Waals surface area contributed by atoms with Gasteiger partial charge in [0.15, 0.2) is 5.12 Å². The average molecular weight is 243 g/mol. The molecule has 0 bridgehead atoms. The van der Waals surface area contributed by atoms with E-state index >= 15 is 0 Å². The van der Waals surface area contributed by atoms with Crippen molar-refractivity contribution in [2.75, 3.05) is 5.75 Å². The van der Waals surface area contributed by atoms with Crippen molar-refractivity contribution >= 4 is 34.6 Å². The molecule has 0 N–H and O–H groups in total. The lowest BCUT2D eigenvalue weighted by Crippen LogP contribution is -1.85. The lowest BCUT2D eigenvalue weighted by Gasteiger charge is -1.95. The van der Waals surface area contributed by atoms with Gasteiger partial charge in [0.25, 0.3) is 0 Å². The van der Waals surface area contributed by atoms with Crippen LogP contribution in [0.2, 0.25) is 5.15 Å². The molecule has 0 unspecified atom stereocenters. The number of rotatable bonds is 4. The maximum absolute atomic E-state index is 10.6. The summed E-state index contributed by atoms with van der Waals surface area (Å²) in [7, 11) is 0. The van der Waals surface area contributed by atoms with Crippen LogP contribution in [-0.4, -0.2) is 20.8 Å². The van der Waals surface area contributed by atoms with Crippen molar-refractivity contribution in [3.63, 3.8) is 0 Å². The summed E-state index contributed by atoms with van der Waals surface area (Å²) >= 11 is 7.14. The standard InChI is InChI=1S/C10H11ClN2OS/c1-8(14)15-5-3-2-4-9-6-12-7-13-10(9)11/h2,4,6-7H,3,5H2,1H3. The number of halogens is 1. The maximum Gasteiger partial charge on any atom is 0.185 e. The minimum Gasteiger partial charge on any atom is -0.288 e. The number of hydrogen-bond donors (Lipinski definition) is 0. The number of carbonyl (C=O) groups is 1. The minimum absolute atomic E-state index is 0.143. The monoisotopic (exact) mass is 242 g/mol. The second-order valence-corrected chi connectivity index (χ2v) is 4.43. The molecule has 0 aliphatic rings. The normalized spacial score (nSPS) is 10.8. The molecule has 1 aromatic heterocycles. The number of thioether (sulfide) groups is 1. The first-order valence-corrected chi connectivity index (χ1v) is 5.82. The lowest BCUT2D eigenvalue weighted by molar-refractivity contribution is -0.109.